The third kappa shape index (κ3) is 11.9. The molecule has 4 aliphatic rings. The molecule has 4 aromatic heterocycles. The number of nitrogens with zero attached hydrogens (tertiary/aromatic N) is 6. The maximum Gasteiger partial charge on any atom is 0.251 e. The molecule has 7 aromatic rings. The molecule has 17 nitrogen and oxygen atoms in total. The maximum atomic E-state index is 14.4. The number of rotatable bonds is 16. The fraction of sp³-hybridized carbons (Fsp3) is 0.476. The van der Waals surface area contributed by atoms with Crippen molar-refractivity contribution in [1.29, 1.82) is 0 Å². The number of pyridine rings is 1. The van der Waals surface area contributed by atoms with E-state index >= 15 is 0 Å². The number of carbonyl (C=O) groups is 4. The molecule has 3 saturated heterocycles. The van der Waals surface area contributed by atoms with Crippen LogP contribution in [-0.4, -0.2) is 134 Å². The number of fused-ring (bicyclic) bond motifs is 3. The van der Waals surface area contributed by atoms with Crippen LogP contribution < -0.4 is 16.0 Å². The Balaban J connectivity index is 0.684. The Kier molecular flexibility index (Phi) is 16.3. The van der Waals surface area contributed by atoms with E-state index < -0.39 is 29.5 Å². The summed E-state index contributed by atoms with van der Waals surface area (Å²) in [7, 11) is 0. The van der Waals surface area contributed by atoms with Gasteiger partial charge in [-0.25, -0.2) is 4.98 Å². The van der Waals surface area contributed by atoms with Crippen LogP contribution >= 0.6 is 11.3 Å². The Hall–Kier alpha value is -6.83. The molecule has 81 heavy (non-hydrogen) atoms. The van der Waals surface area contributed by atoms with Crippen molar-refractivity contribution in [3.8, 4) is 21.6 Å². The Bertz CT molecular complexity index is 3380. The lowest BCUT2D eigenvalue weighted by molar-refractivity contribution is -0.144. The minimum atomic E-state index is -0.923. The number of aryl methyl sites for hydroxylation is 3. The summed E-state index contributed by atoms with van der Waals surface area (Å²) in [6.45, 7) is 16.2. The molecule has 1 aliphatic carbocycles. The van der Waals surface area contributed by atoms with Crippen LogP contribution in [0.5, 0.6) is 0 Å². The number of β-amino-alcohol motifs (C(OH)–C–C–N with tert-alkyl or cyclic N) is 1. The SMILES string of the molecule is Cc1ncsc1-c1ccc([C@H](C)NC(=O)[C@@H]2C[C@@H](O)CN2C(=O)[C@@H](NC(=O)CN2CCC(O[C@H]3C[C@H](NC(=O)c4ccc5c6ncc(-c7c(C)noc7C)cc6n(C(c6ccccc6)C6CCOCC6)c5c4)C3)CC2)C(C)(C)C)cc1. The smallest absolute Gasteiger partial charge is 0.251 e. The number of thiazole rings is 1. The van der Waals surface area contributed by atoms with E-state index in [1.165, 1.54) is 10.5 Å². The van der Waals surface area contributed by atoms with E-state index in [-0.39, 0.29) is 67.6 Å². The predicted octanol–water partition coefficient (Wildman–Crippen LogP) is 9.02. The first-order valence-electron chi connectivity index (χ1n) is 28.7. The van der Waals surface area contributed by atoms with Crippen molar-refractivity contribution in [1.82, 2.24) is 45.4 Å². The van der Waals surface area contributed by atoms with Crippen molar-refractivity contribution >= 4 is 56.9 Å². The van der Waals surface area contributed by atoms with Gasteiger partial charge in [-0.1, -0.05) is 80.5 Å². The molecule has 5 atom stereocenters. The van der Waals surface area contributed by atoms with Crippen molar-refractivity contribution in [3.63, 3.8) is 0 Å². The predicted molar refractivity (Wildman–Crippen MR) is 312 cm³/mol. The number of carbonyl (C=O) groups excluding carboxylic acids is 4. The quantitative estimate of drug-likeness (QED) is 0.0716. The van der Waals surface area contributed by atoms with E-state index in [2.05, 4.69) is 65.9 Å². The second kappa shape index (κ2) is 23.6. The van der Waals surface area contributed by atoms with E-state index in [1.54, 1.807) is 11.3 Å². The number of nitrogens with one attached hydrogen (secondary N) is 3. The van der Waals surface area contributed by atoms with E-state index in [0.717, 1.165) is 91.9 Å². The molecule has 0 radical (unpaired) electrons. The molecule has 426 valence electrons. The Morgan fingerprint density at radius 1 is 0.827 bits per heavy atom. The molecular formula is C63H75N9O8S. The highest BCUT2D eigenvalue weighted by atomic mass is 32.1. The monoisotopic (exact) mass is 1120 g/mol. The first-order valence-corrected chi connectivity index (χ1v) is 29.6. The average Bonchev–Trinajstić information content (AvgIpc) is 4.40. The van der Waals surface area contributed by atoms with Crippen LogP contribution in [0.15, 0.2) is 95.1 Å². The average molecular weight is 1120 g/mol. The third-order valence-electron chi connectivity index (χ3n) is 17.1. The largest absolute Gasteiger partial charge is 0.391 e. The van der Waals surface area contributed by atoms with Crippen molar-refractivity contribution in [2.45, 2.75) is 142 Å². The van der Waals surface area contributed by atoms with Gasteiger partial charge in [0, 0.05) is 73.6 Å². The van der Waals surface area contributed by atoms with Crippen LogP contribution in [0, 0.1) is 32.1 Å². The zero-order valence-corrected chi connectivity index (χ0v) is 48.3. The second-order valence-electron chi connectivity index (χ2n) is 24.0. The molecule has 1 unspecified atom stereocenters. The summed E-state index contributed by atoms with van der Waals surface area (Å²) in [6.07, 6.45) is 5.92. The van der Waals surface area contributed by atoms with Crippen molar-refractivity contribution in [2.75, 3.05) is 39.4 Å². The fourth-order valence-corrected chi connectivity index (χ4v) is 13.5. The molecule has 11 rings (SSSR count). The number of amides is 4. The van der Waals surface area contributed by atoms with Gasteiger partial charge in [-0.3, -0.25) is 29.1 Å². The van der Waals surface area contributed by atoms with Crippen LogP contribution in [0.25, 0.3) is 43.5 Å². The highest BCUT2D eigenvalue weighted by molar-refractivity contribution is 7.13. The zero-order valence-electron chi connectivity index (χ0n) is 47.4. The normalized spacial score (nSPS) is 21.4. The van der Waals surface area contributed by atoms with Crippen LogP contribution in [0.3, 0.4) is 0 Å². The van der Waals surface area contributed by atoms with Crippen LogP contribution in [0.4, 0.5) is 0 Å². The number of ether oxygens (including phenoxy) is 2. The first-order chi connectivity index (χ1) is 39.0. The molecule has 18 heteroatoms. The Morgan fingerprint density at radius 2 is 1.57 bits per heavy atom. The summed E-state index contributed by atoms with van der Waals surface area (Å²) < 4.78 is 20.4. The maximum absolute atomic E-state index is 14.4. The summed E-state index contributed by atoms with van der Waals surface area (Å²) in [5.41, 5.74) is 11.3. The van der Waals surface area contributed by atoms with Crippen molar-refractivity contribution in [2.24, 2.45) is 11.3 Å². The molecule has 3 aliphatic heterocycles. The summed E-state index contributed by atoms with van der Waals surface area (Å²) in [5, 5.41) is 25.4. The zero-order chi connectivity index (χ0) is 56.7. The molecule has 0 bridgehead atoms. The lowest BCUT2D eigenvalue weighted by atomic mass is 9.85. The number of aromatic nitrogens is 4. The summed E-state index contributed by atoms with van der Waals surface area (Å²) in [6, 6.07) is 24.6. The van der Waals surface area contributed by atoms with Gasteiger partial charge in [-0.2, -0.15) is 0 Å². The van der Waals surface area contributed by atoms with E-state index in [1.807, 2.05) is 109 Å². The fourth-order valence-electron chi connectivity index (χ4n) is 12.7. The minimum Gasteiger partial charge on any atom is -0.391 e. The standard InChI is InChI=1S/C63H75N9O8S/c1-36(40-13-15-43(16-14-40)58-38(3)65-35-81-58)66-61(76)53-31-47(73)33-71(53)62(77)59(63(5,6)7)68-54(74)34-70-23-19-48(20-24-70)79-49-29-46(30-49)67-60(75)44-17-18-50-51(27-44)72(57(41-11-9-8-10-12-41)42-21-25-78-26-22-42)52-28-45(32-64-56(50)52)55-37(2)69-80-39(55)4/h8-18,27-28,32,35-36,42,46-49,53,57,59,73H,19-26,29-31,33-34H2,1-7H3,(H,66,76)(H,67,75)(H,68,74)/t36-,46-,47+,49-,53-,57?,59+/m0/s1. The van der Waals surface area contributed by atoms with Crippen molar-refractivity contribution in [3.05, 3.63) is 124 Å². The topological polar surface area (TPSA) is 206 Å². The van der Waals surface area contributed by atoms with Crippen LogP contribution in [-0.2, 0) is 23.9 Å². The highest BCUT2D eigenvalue weighted by Crippen LogP contribution is 2.42. The molecule has 3 aromatic carbocycles. The number of piperidine rings is 1. The summed E-state index contributed by atoms with van der Waals surface area (Å²) >= 11 is 1.58. The van der Waals surface area contributed by atoms with Gasteiger partial charge in [0.1, 0.15) is 17.8 Å². The van der Waals surface area contributed by atoms with Gasteiger partial charge in [-0.15, -0.1) is 11.3 Å². The molecule has 7 heterocycles. The third-order valence-corrected chi connectivity index (χ3v) is 18.1. The lowest BCUT2D eigenvalue weighted by Gasteiger charge is -2.40. The van der Waals surface area contributed by atoms with E-state index in [0.29, 0.717) is 50.6 Å². The number of aliphatic hydroxyl groups excluding tert-OH is 1. The molecular weight excluding hydrogens is 1040 g/mol. The molecule has 4 N–H and O–H groups in total. The number of hydrogen-bond donors (Lipinski definition) is 4. The highest BCUT2D eigenvalue weighted by Gasteiger charge is 2.45. The second-order valence-corrected chi connectivity index (χ2v) is 24.8. The van der Waals surface area contributed by atoms with E-state index in [4.69, 9.17) is 19.0 Å². The van der Waals surface area contributed by atoms with Gasteiger partial charge in [0.15, 0.2) is 0 Å². The van der Waals surface area contributed by atoms with Gasteiger partial charge in [0.25, 0.3) is 5.91 Å². The van der Waals surface area contributed by atoms with Gasteiger partial charge < -0.3 is 44.5 Å². The van der Waals surface area contributed by atoms with Crippen molar-refractivity contribution < 1.29 is 38.3 Å². The Morgan fingerprint density at radius 3 is 2.25 bits per heavy atom. The van der Waals surface area contributed by atoms with Crippen LogP contribution in [0.2, 0.25) is 0 Å². The molecule has 4 fully saturated rings. The van der Waals surface area contributed by atoms with Gasteiger partial charge in [0.2, 0.25) is 17.7 Å². The lowest BCUT2D eigenvalue weighted by Crippen LogP contribution is -2.59. The summed E-state index contributed by atoms with van der Waals surface area (Å²) in [5.74, 6) is -0.113. The summed E-state index contributed by atoms with van der Waals surface area (Å²) in [4.78, 5) is 70.2. The number of likely N-dealkylation sites (tertiary alicyclic amines) is 2. The minimum absolute atomic E-state index is 0.000352. The number of aliphatic hydroxyl groups is 1. The molecule has 0 spiro atoms. The number of benzene rings is 3. The van der Waals surface area contributed by atoms with Gasteiger partial charge in [-0.05, 0) is 119 Å². The molecule has 1 saturated carbocycles. The Labute approximate surface area is 477 Å². The molecule has 4 amide bonds. The van der Waals surface area contributed by atoms with E-state index in [9.17, 15) is 24.3 Å². The van der Waals surface area contributed by atoms with Gasteiger partial charge >= 0.3 is 0 Å². The van der Waals surface area contributed by atoms with Gasteiger partial charge in [0.05, 0.1) is 75.3 Å². The van der Waals surface area contributed by atoms with Crippen LogP contribution in [0.1, 0.15) is 123 Å². The first kappa shape index (κ1) is 56.1. The number of hydrogen-bond acceptors (Lipinski definition) is 13.